The predicted octanol–water partition coefficient (Wildman–Crippen LogP) is 0.866. The maximum Gasteiger partial charge on any atom is 0.273 e. The van der Waals surface area contributed by atoms with Gasteiger partial charge in [0, 0.05) is 29.9 Å². The van der Waals surface area contributed by atoms with Crippen molar-refractivity contribution in [2.45, 2.75) is 13.8 Å². The summed E-state index contributed by atoms with van der Waals surface area (Å²) in [5, 5.41) is 7.90. The first-order valence-electron chi connectivity index (χ1n) is 7.12. The Kier molecular flexibility index (Phi) is 4.20. The molecule has 3 rings (SSSR count). The molecular formula is C14H16N6O2S. The molecule has 0 radical (unpaired) electrons. The molecule has 0 atom stereocenters. The Balaban J connectivity index is 1.72. The van der Waals surface area contributed by atoms with E-state index in [2.05, 4.69) is 25.6 Å². The van der Waals surface area contributed by atoms with Gasteiger partial charge in [0.1, 0.15) is 5.69 Å². The fourth-order valence-corrected chi connectivity index (χ4v) is 2.96. The van der Waals surface area contributed by atoms with E-state index in [4.69, 9.17) is 0 Å². The van der Waals surface area contributed by atoms with Crippen molar-refractivity contribution in [3.05, 3.63) is 28.5 Å². The molecule has 0 bridgehead atoms. The number of rotatable bonds is 3. The highest BCUT2D eigenvalue weighted by Crippen LogP contribution is 2.20. The molecular weight excluding hydrogens is 316 g/mol. The van der Waals surface area contributed by atoms with Crippen molar-refractivity contribution in [3.8, 4) is 0 Å². The Hall–Kier alpha value is -2.55. The summed E-state index contributed by atoms with van der Waals surface area (Å²) in [6.07, 6.45) is 0. The average Bonchev–Trinajstić information content (AvgIpc) is 2.94. The lowest BCUT2D eigenvalue weighted by Gasteiger charge is -2.25. The van der Waals surface area contributed by atoms with Crippen LogP contribution in [0.1, 0.15) is 21.9 Å². The van der Waals surface area contributed by atoms with Crippen LogP contribution in [-0.4, -0.2) is 51.3 Å². The van der Waals surface area contributed by atoms with Gasteiger partial charge in [-0.3, -0.25) is 9.59 Å². The summed E-state index contributed by atoms with van der Waals surface area (Å²) in [6, 6.07) is 1.88. The summed E-state index contributed by atoms with van der Waals surface area (Å²) >= 11 is 1.30. The summed E-state index contributed by atoms with van der Waals surface area (Å²) in [4.78, 5) is 38.0. The van der Waals surface area contributed by atoms with E-state index in [-0.39, 0.29) is 18.4 Å². The molecule has 2 N–H and O–H groups in total. The van der Waals surface area contributed by atoms with Gasteiger partial charge in [-0.1, -0.05) is 0 Å². The Morgan fingerprint density at radius 1 is 1.30 bits per heavy atom. The molecule has 120 valence electrons. The van der Waals surface area contributed by atoms with Gasteiger partial charge in [-0.05, 0) is 19.9 Å². The molecule has 0 spiro atoms. The number of piperazine rings is 1. The number of thiazole rings is 1. The van der Waals surface area contributed by atoms with Crippen LogP contribution < -0.4 is 10.6 Å². The highest BCUT2D eigenvalue weighted by molar-refractivity contribution is 7.14. The largest absolute Gasteiger partial charge is 0.353 e. The fraction of sp³-hybridized carbons (Fsp3) is 0.357. The first kappa shape index (κ1) is 15.3. The Morgan fingerprint density at radius 3 is 2.74 bits per heavy atom. The number of nitrogens with zero attached hydrogens (tertiary/aromatic N) is 4. The fourth-order valence-electron chi connectivity index (χ4n) is 2.28. The zero-order chi connectivity index (χ0) is 16.4. The van der Waals surface area contributed by atoms with Crippen LogP contribution in [0.4, 0.5) is 11.1 Å². The number of carbonyl (C=O) groups is 2. The van der Waals surface area contributed by atoms with E-state index in [9.17, 15) is 9.59 Å². The average molecular weight is 332 g/mol. The Labute approximate surface area is 137 Å². The molecule has 0 unspecified atom stereocenters. The van der Waals surface area contributed by atoms with Crippen molar-refractivity contribution in [2.75, 3.05) is 25.0 Å². The van der Waals surface area contributed by atoms with E-state index in [0.717, 1.165) is 11.4 Å². The van der Waals surface area contributed by atoms with Crippen LogP contribution >= 0.6 is 11.3 Å². The van der Waals surface area contributed by atoms with Gasteiger partial charge in [0.2, 0.25) is 11.9 Å². The second-order valence-corrected chi connectivity index (χ2v) is 6.07. The van der Waals surface area contributed by atoms with Gasteiger partial charge in [-0.25, -0.2) is 15.0 Å². The number of aryl methyl sites for hydroxylation is 2. The molecule has 0 aromatic carbocycles. The topological polar surface area (TPSA) is 100 Å². The van der Waals surface area contributed by atoms with Crippen molar-refractivity contribution in [3.63, 3.8) is 0 Å². The van der Waals surface area contributed by atoms with E-state index in [1.54, 1.807) is 5.38 Å². The molecule has 1 aliphatic rings. The quantitative estimate of drug-likeness (QED) is 0.865. The number of carbonyl (C=O) groups excluding carboxylic acids is 2. The molecule has 1 aliphatic heterocycles. The first-order chi connectivity index (χ1) is 11.0. The minimum absolute atomic E-state index is 0.0688. The molecule has 9 heteroatoms. The van der Waals surface area contributed by atoms with Crippen LogP contribution in [0.5, 0.6) is 0 Å². The van der Waals surface area contributed by atoms with Crippen LogP contribution in [0, 0.1) is 13.8 Å². The molecule has 0 aliphatic carbocycles. The molecule has 1 saturated heterocycles. The Morgan fingerprint density at radius 2 is 2.04 bits per heavy atom. The molecule has 8 nitrogen and oxygen atoms in total. The van der Waals surface area contributed by atoms with Gasteiger partial charge < -0.3 is 15.5 Å². The molecule has 1 fully saturated rings. The molecule has 2 aromatic rings. The molecule has 2 amide bonds. The zero-order valence-electron chi connectivity index (χ0n) is 12.8. The van der Waals surface area contributed by atoms with Crippen LogP contribution in [0.15, 0.2) is 11.4 Å². The number of hydrogen-bond donors (Lipinski definition) is 2. The maximum atomic E-state index is 12.4. The van der Waals surface area contributed by atoms with E-state index >= 15 is 0 Å². The van der Waals surface area contributed by atoms with Gasteiger partial charge in [-0.15, -0.1) is 11.3 Å². The minimum Gasteiger partial charge on any atom is -0.353 e. The highest BCUT2D eigenvalue weighted by atomic mass is 32.1. The molecule has 0 saturated carbocycles. The van der Waals surface area contributed by atoms with Crippen LogP contribution in [-0.2, 0) is 4.79 Å². The van der Waals surface area contributed by atoms with Crippen molar-refractivity contribution < 1.29 is 9.59 Å². The monoisotopic (exact) mass is 332 g/mol. The second-order valence-electron chi connectivity index (χ2n) is 5.21. The van der Waals surface area contributed by atoms with Gasteiger partial charge in [0.05, 0.1) is 6.54 Å². The van der Waals surface area contributed by atoms with Crippen molar-refractivity contribution in [2.24, 2.45) is 0 Å². The number of amides is 2. The summed E-state index contributed by atoms with van der Waals surface area (Å²) in [7, 11) is 0. The standard InChI is InChI=1S/C14H16N6O2S/c1-8-5-9(2)17-13(16-8)19-14-18-10(7-23-14)12(22)20-4-3-15-11(21)6-20/h5,7H,3-4,6H2,1-2H3,(H,15,21)(H,16,17,18,19). The summed E-state index contributed by atoms with van der Waals surface area (Å²) in [5.74, 6) is 0.0560. The summed E-state index contributed by atoms with van der Waals surface area (Å²) in [6.45, 7) is 4.80. The summed E-state index contributed by atoms with van der Waals surface area (Å²) in [5.41, 5.74) is 2.02. The SMILES string of the molecule is Cc1cc(C)nc(Nc2nc(C(=O)N3CCNC(=O)C3)cs2)n1. The Bertz CT molecular complexity index is 739. The molecule has 23 heavy (non-hydrogen) atoms. The highest BCUT2D eigenvalue weighted by Gasteiger charge is 2.24. The smallest absolute Gasteiger partial charge is 0.273 e. The van der Waals surface area contributed by atoms with Gasteiger partial charge >= 0.3 is 0 Å². The number of hydrogen-bond acceptors (Lipinski definition) is 7. The second kappa shape index (κ2) is 6.29. The van der Waals surface area contributed by atoms with E-state index in [1.165, 1.54) is 16.2 Å². The minimum atomic E-state index is -0.245. The molecule has 3 heterocycles. The number of nitrogens with one attached hydrogen (secondary N) is 2. The van der Waals surface area contributed by atoms with Crippen LogP contribution in [0.25, 0.3) is 0 Å². The van der Waals surface area contributed by atoms with Crippen molar-refractivity contribution in [1.82, 2.24) is 25.2 Å². The lowest BCUT2D eigenvalue weighted by Crippen LogP contribution is -2.50. The summed E-state index contributed by atoms with van der Waals surface area (Å²) < 4.78 is 0. The lowest BCUT2D eigenvalue weighted by atomic mass is 10.3. The van der Waals surface area contributed by atoms with Crippen molar-refractivity contribution >= 4 is 34.2 Å². The number of aromatic nitrogens is 3. The van der Waals surface area contributed by atoms with Crippen molar-refractivity contribution in [1.29, 1.82) is 0 Å². The third-order valence-electron chi connectivity index (χ3n) is 3.25. The van der Waals surface area contributed by atoms with E-state index in [0.29, 0.717) is 29.9 Å². The van der Waals surface area contributed by atoms with E-state index in [1.807, 2.05) is 19.9 Å². The third kappa shape index (κ3) is 3.62. The van der Waals surface area contributed by atoms with E-state index < -0.39 is 0 Å². The van der Waals surface area contributed by atoms with Crippen LogP contribution in [0.3, 0.4) is 0 Å². The predicted molar refractivity (Wildman–Crippen MR) is 85.8 cm³/mol. The zero-order valence-corrected chi connectivity index (χ0v) is 13.6. The maximum absolute atomic E-state index is 12.4. The van der Waals surface area contributed by atoms with Gasteiger partial charge in [0.25, 0.3) is 5.91 Å². The molecule has 2 aromatic heterocycles. The van der Waals surface area contributed by atoms with Gasteiger partial charge in [0.15, 0.2) is 5.13 Å². The first-order valence-corrected chi connectivity index (χ1v) is 8.00. The van der Waals surface area contributed by atoms with Crippen LogP contribution in [0.2, 0.25) is 0 Å². The normalized spacial score (nSPS) is 14.5. The van der Waals surface area contributed by atoms with Gasteiger partial charge in [-0.2, -0.15) is 0 Å². The lowest BCUT2D eigenvalue weighted by molar-refractivity contribution is -0.123. The number of anilines is 2. The third-order valence-corrected chi connectivity index (χ3v) is 4.01.